The minimum absolute atomic E-state index is 0.238. The highest BCUT2D eigenvalue weighted by Crippen LogP contribution is 2.36. The topological polar surface area (TPSA) is 45.5 Å². The van der Waals surface area contributed by atoms with Crippen LogP contribution in [0.1, 0.15) is 32.1 Å². The molecular formula is C15H21N5. The van der Waals surface area contributed by atoms with E-state index in [0.29, 0.717) is 0 Å². The van der Waals surface area contributed by atoms with Crippen LogP contribution in [0.5, 0.6) is 0 Å². The van der Waals surface area contributed by atoms with Gasteiger partial charge in [0.05, 0.1) is 5.54 Å². The van der Waals surface area contributed by atoms with Crippen molar-refractivity contribution in [3.63, 3.8) is 0 Å². The first-order chi connectivity index (χ1) is 9.87. The summed E-state index contributed by atoms with van der Waals surface area (Å²) in [5.41, 5.74) is 1.17. The van der Waals surface area contributed by atoms with E-state index in [4.69, 9.17) is 4.98 Å². The largest absolute Gasteiger partial charge is 0.331 e. The number of rotatable bonds is 1. The summed E-state index contributed by atoms with van der Waals surface area (Å²) < 4.78 is 1.88. The molecule has 0 unspecified atom stereocenters. The summed E-state index contributed by atoms with van der Waals surface area (Å²) >= 11 is 0. The fourth-order valence-electron chi connectivity index (χ4n) is 3.75. The second kappa shape index (κ2) is 4.74. The molecular weight excluding hydrogens is 250 g/mol. The predicted octanol–water partition coefficient (Wildman–Crippen LogP) is 1.84. The van der Waals surface area contributed by atoms with Gasteiger partial charge < -0.3 is 10.2 Å². The third kappa shape index (κ3) is 1.88. The van der Waals surface area contributed by atoms with Crippen LogP contribution in [0.2, 0.25) is 0 Å². The quantitative estimate of drug-likeness (QED) is 0.859. The molecule has 1 saturated carbocycles. The summed E-state index contributed by atoms with van der Waals surface area (Å²) in [6.07, 6.45) is 8.51. The molecule has 1 aliphatic heterocycles. The highest BCUT2D eigenvalue weighted by atomic mass is 15.4. The van der Waals surface area contributed by atoms with Gasteiger partial charge in [-0.25, -0.2) is 4.52 Å². The van der Waals surface area contributed by atoms with Crippen molar-refractivity contribution in [3.8, 4) is 0 Å². The number of aromatic nitrogens is 3. The van der Waals surface area contributed by atoms with E-state index in [9.17, 15) is 0 Å². The average molecular weight is 271 g/mol. The summed E-state index contributed by atoms with van der Waals surface area (Å²) in [6, 6.07) is 6.04. The summed E-state index contributed by atoms with van der Waals surface area (Å²) in [7, 11) is 0. The Morgan fingerprint density at radius 2 is 2.05 bits per heavy atom. The Bertz CT molecular complexity index is 558. The second-order valence-corrected chi connectivity index (χ2v) is 6.03. The summed E-state index contributed by atoms with van der Waals surface area (Å²) in [5.74, 6) is 0.902. The lowest BCUT2D eigenvalue weighted by molar-refractivity contribution is 0.238. The number of anilines is 1. The molecule has 1 saturated heterocycles. The van der Waals surface area contributed by atoms with Gasteiger partial charge in [-0.3, -0.25) is 0 Å². The molecule has 1 aliphatic carbocycles. The van der Waals surface area contributed by atoms with Crippen LogP contribution in [0.3, 0.4) is 0 Å². The minimum Gasteiger partial charge on any atom is -0.331 e. The molecule has 2 fully saturated rings. The SMILES string of the molecule is c1ccn2nc(N3CCNCC34CCCCC4)nc2c1. The Kier molecular flexibility index (Phi) is 2.88. The first kappa shape index (κ1) is 12.1. The van der Waals surface area contributed by atoms with Crippen molar-refractivity contribution in [2.24, 2.45) is 0 Å². The lowest BCUT2D eigenvalue weighted by Gasteiger charge is -2.49. The molecule has 0 amide bonds. The van der Waals surface area contributed by atoms with Crippen LogP contribution in [0, 0.1) is 0 Å². The van der Waals surface area contributed by atoms with E-state index >= 15 is 0 Å². The van der Waals surface area contributed by atoms with E-state index in [2.05, 4.69) is 15.3 Å². The summed E-state index contributed by atoms with van der Waals surface area (Å²) in [6.45, 7) is 3.11. The summed E-state index contributed by atoms with van der Waals surface area (Å²) in [4.78, 5) is 7.20. The van der Waals surface area contributed by atoms with Gasteiger partial charge >= 0.3 is 0 Å². The van der Waals surface area contributed by atoms with Gasteiger partial charge in [0, 0.05) is 25.8 Å². The fraction of sp³-hybridized carbons (Fsp3) is 0.600. The zero-order valence-electron chi connectivity index (χ0n) is 11.8. The maximum atomic E-state index is 4.74. The van der Waals surface area contributed by atoms with E-state index in [1.807, 2.05) is 28.9 Å². The number of pyridine rings is 1. The van der Waals surface area contributed by atoms with E-state index in [-0.39, 0.29) is 5.54 Å². The van der Waals surface area contributed by atoms with Crippen LogP contribution in [0.15, 0.2) is 24.4 Å². The molecule has 3 heterocycles. The van der Waals surface area contributed by atoms with Gasteiger partial charge in [-0.1, -0.05) is 25.3 Å². The number of piperazine rings is 1. The number of hydrogen-bond acceptors (Lipinski definition) is 4. The first-order valence-corrected chi connectivity index (χ1v) is 7.67. The molecule has 5 nitrogen and oxygen atoms in total. The standard InChI is InChI=1S/C15H21N5/c1-3-7-15(8-4-1)12-16-9-11-19(15)14-17-13-6-2-5-10-20(13)18-14/h2,5-6,10,16H,1,3-4,7-9,11-12H2. The normalized spacial score (nSPS) is 22.5. The minimum atomic E-state index is 0.238. The third-order valence-electron chi connectivity index (χ3n) is 4.79. The number of hydrogen-bond donors (Lipinski definition) is 1. The highest BCUT2D eigenvalue weighted by Gasteiger charge is 2.41. The van der Waals surface area contributed by atoms with E-state index < -0.39 is 0 Å². The van der Waals surface area contributed by atoms with Crippen LogP contribution in [0.4, 0.5) is 5.95 Å². The monoisotopic (exact) mass is 271 g/mol. The van der Waals surface area contributed by atoms with Crippen molar-refractivity contribution >= 4 is 11.6 Å². The predicted molar refractivity (Wildman–Crippen MR) is 79.0 cm³/mol. The van der Waals surface area contributed by atoms with Crippen LogP contribution < -0.4 is 10.2 Å². The van der Waals surface area contributed by atoms with E-state index in [1.165, 1.54) is 32.1 Å². The van der Waals surface area contributed by atoms with Gasteiger partial charge in [-0.15, -0.1) is 5.10 Å². The van der Waals surface area contributed by atoms with Gasteiger partial charge in [0.15, 0.2) is 5.65 Å². The lowest BCUT2D eigenvalue weighted by Crippen LogP contribution is -2.62. The fourth-order valence-corrected chi connectivity index (χ4v) is 3.75. The third-order valence-corrected chi connectivity index (χ3v) is 4.79. The lowest BCUT2D eigenvalue weighted by atomic mass is 9.79. The Balaban J connectivity index is 1.73. The molecule has 0 radical (unpaired) electrons. The molecule has 2 aromatic heterocycles. The summed E-state index contributed by atoms with van der Waals surface area (Å²) in [5, 5.41) is 8.26. The van der Waals surface area contributed by atoms with Crippen molar-refractivity contribution in [2.45, 2.75) is 37.6 Å². The van der Waals surface area contributed by atoms with Crippen molar-refractivity contribution in [1.29, 1.82) is 0 Å². The van der Waals surface area contributed by atoms with E-state index in [1.54, 1.807) is 0 Å². The molecule has 1 spiro atoms. The molecule has 0 atom stereocenters. The number of nitrogens with one attached hydrogen (secondary N) is 1. The van der Waals surface area contributed by atoms with Crippen molar-refractivity contribution in [3.05, 3.63) is 24.4 Å². The molecule has 106 valence electrons. The van der Waals surface area contributed by atoms with Crippen LogP contribution in [-0.2, 0) is 0 Å². The van der Waals surface area contributed by atoms with Gasteiger partial charge in [0.2, 0.25) is 5.95 Å². The van der Waals surface area contributed by atoms with Gasteiger partial charge in [-0.2, -0.15) is 4.98 Å². The number of fused-ring (bicyclic) bond motifs is 1. The van der Waals surface area contributed by atoms with Gasteiger partial charge in [0.25, 0.3) is 0 Å². The molecule has 0 bridgehead atoms. The van der Waals surface area contributed by atoms with Gasteiger partial charge in [0.1, 0.15) is 0 Å². The Hall–Kier alpha value is -1.62. The molecule has 5 heteroatoms. The zero-order valence-corrected chi connectivity index (χ0v) is 11.8. The van der Waals surface area contributed by atoms with Crippen molar-refractivity contribution in [1.82, 2.24) is 19.9 Å². The smallest absolute Gasteiger partial charge is 0.246 e. The number of nitrogens with zero attached hydrogens (tertiary/aromatic N) is 4. The molecule has 2 aromatic rings. The van der Waals surface area contributed by atoms with Crippen LogP contribution >= 0.6 is 0 Å². The molecule has 0 aromatic carbocycles. The zero-order chi connectivity index (χ0) is 13.4. The molecule has 4 rings (SSSR count). The molecule has 1 N–H and O–H groups in total. The average Bonchev–Trinajstić information content (AvgIpc) is 2.92. The maximum Gasteiger partial charge on any atom is 0.246 e. The molecule has 20 heavy (non-hydrogen) atoms. The van der Waals surface area contributed by atoms with Crippen LogP contribution in [0.25, 0.3) is 5.65 Å². The van der Waals surface area contributed by atoms with Crippen molar-refractivity contribution in [2.75, 3.05) is 24.5 Å². The van der Waals surface area contributed by atoms with Crippen LogP contribution in [-0.4, -0.2) is 39.8 Å². The van der Waals surface area contributed by atoms with Crippen molar-refractivity contribution < 1.29 is 0 Å². The Morgan fingerprint density at radius 1 is 1.15 bits per heavy atom. The van der Waals surface area contributed by atoms with Gasteiger partial charge in [-0.05, 0) is 25.0 Å². The first-order valence-electron chi connectivity index (χ1n) is 7.67. The second-order valence-electron chi connectivity index (χ2n) is 6.03. The highest BCUT2D eigenvalue weighted by molar-refractivity contribution is 5.46. The Morgan fingerprint density at radius 3 is 2.90 bits per heavy atom. The Labute approximate surface area is 119 Å². The molecule has 2 aliphatic rings. The maximum absolute atomic E-state index is 4.74. The van der Waals surface area contributed by atoms with E-state index in [0.717, 1.165) is 31.2 Å².